The molecule has 0 fully saturated rings. The highest BCUT2D eigenvalue weighted by molar-refractivity contribution is 5.85. The molecule has 0 spiro atoms. The van der Waals surface area contributed by atoms with Gasteiger partial charge in [0.25, 0.3) is 0 Å². The first-order chi connectivity index (χ1) is 30.0. The van der Waals surface area contributed by atoms with Gasteiger partial charge in [-0.1, -0.05) is 278 Å². The molecule has 0 unspecified atom stereocenters. The van der Waals surface area contributed by atoms with E-state index in [1.54, 1.807) is 0 Å². The van der Waals surface area contributed by atoms with Gasteiger partial charge in [-0.3, -0.25) is 9.59 Å². The predicted octanol–water partition coefficient (Wildman–Crippen LogP) is 17.6. The Kier molecular flexibility index (Phi) is 49.7. The molecule has 0 radical (unpaired) electrons. The van der Waals surface area contributed by atoms with E-state index in [4.69, 9.17) is 9.47 Å². The van der Waals surface area contributed by atoms with Crippen molar-refractivity contribution < 1.29 is 23.9 Å². The largest absolute Gasteiger partial charge is 0.466 e. The van der Waals surface area contributed by atoms with Crippen LogP contribution in [0.5, 0.6) is 0 Å². The van der Waals surface area contributed by atoms with Crippen molar-refractivity contribution >= 4 is 17.8 Å². The molecule has 0 rings (SSSR count). The number of esters is 2. The first-order valence-corrected chi connectivity index (χ1v) is 27.7. The molecule has 0 heterocycles. The fraction of sp³-hybridized carbons (Fsp3) is 0.945. The van der Waals surface area contributed by atoms with Gasteiger partial charge in [0.15, 0.2) is 0 Å². The molecule has 0 saturated carbocycles. The molecule has 1 N–H and O–H groups in total. The Labute approximate surface area is 381 Å². The molecule has 61 heavy (non-hydrogen) atoms. The van der Waals surface area contributed by atoms with Crippen LogP contribution in [0.15, 0.2) is 0 Å². The summed E-state index contributed by atoms with van der Waals surface area (Å²) >= 11 is 0. The van der Waals surface area contributed by atoms with Crippen LogP contribution >= 0.6 is 0 Å². The van der Waals surface area contributed by atoms with Crippen LogP contribution in [0.4, 0.5) is 0 Å². The molecule has 6 heteroatoms. The van der Waals surface area contributed by atoms with E-state index in [1.165, 1.54) is 231 Å². The summed E-state index contributed by atoms with van der Waals surface area (Å²) in [7, 11) is 0. The van der Waals surface area contributed by atoms with Crippen LogP contribution in [0.25, 0.3) is 0 Å². The van der Waals surface area contributed by atoms with E-state index in [0.29, 0.717) is 19.6 Å². The van der Waals surface area contributed by atoms with Crippen molar-refractivity contribution in [3.63, 3.8) is 0 Å². The Bertz CT molecular complexity index is 909. The highest BCUT2D eigenvalue weighted by atomic mass is 16.5. The van der Waals surface area contributed by atoms with Gasteiger partial charge in [-0.2, -0.15) is 0 Å². The number of rotatable bonds is 51. The number of amides is 1. The lowest BCUT2D eigenvalue weighted by Crippen LogP contribution is -2.42. The number of hydrogen-bond acceptors (Lipinski definition) is 5. The average Bonchev–Trinajstić information content (AvgIpc) is 3.26. The van der Waals surface area contributed by atoms with Crippen LogP contribution in [0.1, 0.15) is 316 Å². The summed E-state index contributed by atoms with van der Waals surface area (Å²) in [4.78, 5) is 38.7. The molecule has 0 saturated heterocycles. The Balaban J connectivity index is 4.26. The smallest absolute Gasteiger partial charge is 0.328 e. The zero-order valence-corrected chi connectivity index (χ0v) is 41.6. The third-order valence-corrected chi connectivity index (χ3v) is 12.8. The molecule has 0 aliphatic heterocycles. The minimum absolute atomic E-state index is 0.108. The third kappa shape index (κ3) is 47.7. The Morgan fingerprint density at radius 2 is 0.590 bits per heavy atom. The lowest BCUT2D eigenvalue weighted by Gasteiger charge is -2.18. The van der Waals surface area contributed by atoms with Crippen LogP contribution in [0, 0.1) is 0 Å². The molecule has 1 amide bonds. The second kappa shape index (κ2) is 51.0. The SMILES string of the molecule is CCCCCCCCCCCCCCCCCCOC(=O)CC[C@H](NC(=O)CCCCCCCCCCCCC)C(=O)OCCCCCCCCCCCCCCCCCC. The van der Waals surface area contributed by atoms with Gasteiger partial charge in [-0.05, 0) is 25.7 Å². The summed E-state index contributed by atoms with van der Waals surface area (Å²) in [5, 5.41) is 2.92. The van der Waals surface area contributed by atoms with Crippen molar-refractivity contribution in [1.82, 2.24) is 5.32 Å². The van der Waals surface area contributed by atoms with Gasteiger partial charge in [0.1, 0.15) is 6.04 Å². The van der Waals surface area contributed by atoms with Crippen molar-refractivity contribution in [3.05, 3.63) is 0 Å². The van der Waals surface area contributed by atoms with Gasteiger partial charge >= 0.3 is 11.9 Å². The molecule has 6 nitrogen and oxygen atoms in total. The quantitative estimate of drug-likeness (QED) is 0.0487. The van der Waals surface area contributed by atoms with E-state index in [0.717, 1.165) is 44.9 Å². The Hall–Kier alpha value is -1.59. The van der Waals surface area contributed by atoms with Gasteiger partial charge in [0.2, 0.25) is 5.91 Å². The fourth-order valence-corrected chi connectivity index (χ4v) is 8.56. The highest BCUT2D eigenvalue weighted by Crippen LogP contribution is 2.17. The standard InChI is InChI=1S/C55H107NO5/c1-4-7-10-13-16-19-22-24-26-28-30-33-36-39-42-45-50-60-54(58)49-48-52(56-53(57)47-44-41-38-35-32-21-18-15-12-9-6-3)55(59)61-51-46-43-40-37-34-31-29-27-25-23-20-17-14-11-8-5-2/h52H,4-51H2,1-3H3,(H,56,57)/t52-/m0/s1. The summed E-state index contributed by atoms with van der Waals surface area (Å²) in [6.07, 6.45) is 56.1. The molecule has 0 aromatic rings. The van der Waals surface area contributed by atoms with Gasteiger partial charge < -0.3 is 14.8 Å². The highest BCUT2D eigenvalue weighted by Gasteiger charge is 2.23. The number of ether oxygens (including phenoxy) is 2. The maximum absolute atomic E-state index is 13.1. The Morgan fingerprint density at radius 1 is 0.328 bits per heavy atom. The van der Waals surface area contributed by atoms with Crippen molar-refractivity contribution in [2.45, 2.75) is 322 Å². The minimum atomic E-state index is -0.802. The van der Waals surface area contributed by atoms with Crippen LogP contribution in [0.3, 0.4) is 0 Å². The number of carbonyl (C=O) groups excluding carboxylic acids is 3. The summed E-state index contributed by atoms with van der Waals surface area (Å²) in [6.45, 7) is 7.61. The van der Waals surface area contributed by atoms with Crippen molar-refractivity contribution in [2.75, 3.05) is 13.2 Å². The second-order valence-corrected chi connectivity index (χ2v) is 18.9. The van der Waals surface area contributed by atoms with Crippen LogP contribution in [-0.4, -0.2) is 37.1 Å². The molecule has 362 valence electrons. The normalized spacial score (nSPS) is 11.9. The van der Waals surface area contributed by atoms with E-state index in [9.17, 15) is 14.4 Å². The van der Waals surface area contributed by atoms with Crippen molar-refractivity contribution in [1.29, 1.82) is 0 Å². The molecule has 1 atom stereocenters. The van der Waals surface area contributed by atoms with Gasteiger partial charge in [-0.15, -0.1) is 0 Å². The monoisotopic (exact) mass is 862 g/mol. The molecular weight excluding hydrogens is 755 g/mol. The topological polar surface area (TPSA) is 81.7 Å². The minimum Gasteiger partial charge on any atom is -0.466 e. The molecule has 0 aliphatic rings. The second-order valence-electron chi connectivity index (χ2n) is 18.9. The van der Waals surface area contributed by atoms with Crippen molar-refractivity contribution in [2.24, 2.45) is 0 Å². The molecule has 0 bridgehead atoms. The first kappa shape index (κ1) is 59.4. The third-order valence-electron chi connectivity index (χ3n) is 12.8. The van der Waals surface area contributed by atoms with Gasteiger partial charge in [0, 0.05) is 12.8 Å². The van der Waals surface area contributed by atoms with Crippen LogP contribution in [-0.2, 0) is 23.9 Å². The zero-order valence-electron chi connectivity index (χ0n) is 41.6. The van der Waals surface area contributed by atoms with Crippen molar-refractivity contribution in [3.8, 4) is 0 Å². The van der Waals surface area contributed by atoms with Gasteiger partial charge in [-0.25, -0.2) is 4.79 Å². The lowest BCUT2D eigenvalue weighted by atomic mass is 10.0. The van der Waals surface area contributed by atoms with E-state index < -0.39 is 12.0 Å². The Morgan fingerprint density at radius 3 is 0.902 bits per heavy atom. The number of hydrogen-bond donors (Lipinski definition) is 1. The van der Waals surface area contributed by atoms with E-state index in [-0.39, 0.29) is 24.7 Å². The maximum atomic E-state index is 13.1. The number of carbonyl (C=O) groups is 3. The zero-order chi connectivity index (χ0) is 44.4. The maximum Gasteiger partial charge on any atom is 0.328 e. The van der Waals surface area contributed by atoms with E-state index >= 15 is 0 Å². The van der Waals surface area contributed by atoms with Gasteiger partial charge in [0.05, 0.1) is 13.2 Å². The summed E-state index contributed by atoms with van der Waals surface area (Å²) < 4.78 is 11.2. The summed E-state index contributed by atoms with van der Waals surface area (Å²) in [6, 6.07) is -0.802. The van der Waals surface area contributed by atoms with Crippen LogP contribution in [0.2, 0.25) is 0 Å². The molecule has 0 aromatic carbocycles. The summed E-state index contributed by atoms with van der Waals surface area (Å²) in [5.41, 5.74) is 0. The van der Waals surface area contributed by atoms with E-state index in [2.05, 4.69) is 26.1 Å². The number of nitrogens with one attached hydrogen (secondary N) is 1. The molecule has 0 aromatic heterocycles. The fourth-order valence-electron chi connectivity index (χ4n) is 8.56. The first-order valence-electron chi connectivity index (χ1n) is 27.7. The van der Waals surface area contributed by atoms with Crippen LogP contribution < -0.4 is 5.32 Å². The van der Waals surface area contributed by atoms with E-state index in [1.807, 2.05) is 0 Å². The molecular formula is C55H107NO5. The lowest BCUT2D eigenvalue weighted by molar-refractivity contribution is -0.149. The summed E-state index contributed by atoms with van der Waals surface area (Å²) in [5.74, 6) is -0.836. The average molecular weight is 862 g/mol. The predicted molar refractivity (Wildman–Crippen MR) is 263 cm³/mol. The number of unbranched alkanes of at least 4 members (excludes halogenated alkanes) is 40. The molecule has 0 aliphatic carbocycles.